The van der Waals surface area contributed by atoms with Crippen molar-refractivity contribution in [2.24, 2.45) is 11.3 Å². The molecule has 1 atom stereocenters. The van der Waals surface area contributed by atoms with Gasteiger partial charge in [0.15, 0.2) is 0 Å². The molecule has 4 nitrogen and oxygen atoms in total. The van der Waals surface area contributed by atoms with Gasteiger partial charge in [0.25, 0.3) is 0 Å². The topological polar surface area (TPSA) is 47.6 Å². The van der Waals surface area contributed by atoms with Crippen LogP contribution in [0.2, 0.25) is 0 Å². The first kappa shape index (κ1) is 12.5. The molecule has 1 N–H and O–H groups in total. The molecular weight excluding hydrogens is 194 g/mol. The highest BCUT2D eigenvalue weighted by Crippen LogP contribution is 2.31. The van der Waals surface area contributed by atoms with E-state index in [2.05, 4.69) is 19.2 Å². The fraction of sp³-hybridized carbons (Fsp3) is 0.909. The number of carbonyl (C=O) groups is 1. The summed E-state index contributed by atoms with van der Waals surface area (Å²) in [5.41, 5.74) is -0.391. The normalized spacial score (nSPS) is 25.4. The first-order valence-electron chi connectivity index (χ1n) is 5.31. The molecule has 0 saturated carbocycles. The Morgan fingerprint density at radius 1 is 1.47 bits per heavy atom. The average Bonchev–Trinajstić information content (AvgIpc) is 2.29. The van der Waals surface area contributed by atoms with Crippen molar-refractivity contribution in [1.29, 1.82) is 0 Å². The van der Waals surface area contributed by atoms with Crippen molar-refractivity contribution in [2.75, 3.05) is 13.2 Å². The van der Waals surface area contributed by atoms with Crippen LogP contribution in [0.1, 0.15) is 34.6 Å². The SMILES string of the molecule is CC(C)(C)OOCC1C(=O)NCC1(C)C. The summed E-state index contributed by atoms with van der Waals surface area (Å²) in [5.74, 6) is -0.0719. The number of hydrogen-bond donors (Lipinski definition) is 1. The van der Waals surface area contributed by atoms with Crippen molar-refractivity contribution >= 4 is 5.91 Å². The van der Waals surface area contributed by atoms with Crippen molar-refractivity contribution < 1.29 is 14.6 Å². The predicted octanol–water partition coefficient (Wildman–Crippen LogP) is 1.51. The summed E-state index contributed by atoms with van der Waals surface area (Å²) in [5, 5.41) is 2.83. The zero-order valence-electron chi connectivity index (χ0n) is 10.2. The minimum atomic E-state index is -0.334. The standard InChI is InChI=1S/C11H21NO3/c1-10(2,3)15-14-6-8-9(13)12-7-11(8,4)5/h8H,6-7H2,1-5H3,(H,12,13). The number of amides is 1. The molecule has 4 heteroatoms. The molecule has 1 aliphatic heterocycles. The second-order valence-corrected chi connectivity index (χ2v) is 5.74. The summed E-state index contributed by atoms with van der Waals surface area (Å²) < 4.78 is 0. The Labute approximate surface area is 91.3 Å². The Hall–Kier alpha value is -0.610. The van der Waals surface area contributed by atoms with Crippen molar-refractivity contribution in [1.82, 2.24) is 5.32 Å². The molecule has 0 bridgehead atoms. The number of nitrogens with one attached hydrogen (secondary N) is 1. The van der Waals surface area contributed by atoms with Gasteiger partial charge in [-0.25, -0.2) is 9.78 Å². The Kier molecular flexibility index (Phi) is 3.41. The van der Waals surface area contributed by atoms with E-state index in [0.717, 1.165) is 0 Å². The quantitative estimate of drug-likeness (QED) is 0.573. The Balaban J connectivity index is 2.41. The van der Waals surface area contributed by atoms with Gasteiger partial charge in [-0.05, 0) is 26.2 Å². The average molecular weight is 215 g/mol. The molecule has 0 aliphatic carbocycles. The predicted molar refractivity (Wildman–Crippen MR) is 57.1 cm³/mol. The van der Waals surface area contributed by atoms with E-state index < -0.39 is 0 Å². The zero-order chi connectivity index (χ0) is 11.7. The van der Waals surface area contributed by atoms with Crippen LogP contribution in [-0.2, 0) is 14.6 Å². The minimum absolute atomic E-state index is 0.0532. The van der Waals surface area contributed by atoms with Gasteiger partial charge in [-0.15, -0.1) is 0 Å². The van der Waals surface area contributed by atoms with Crippen LogP contribution in [-0.4, -0.2) is 24.7 Å². The highest BCUT2D eigenvalue weighted by atomic mass is 17.2. The van der Waals surface area contributed by atoms with Gasteiger partial charge in [0.1, 0.15) is 0 Å². The molecule has 0 radical (unpaired) electrons. The summed E-state index contributed by atoms with van der Waals surface area (Å²) in [6, 6.07) is 0. The Morgan fingerprint density at radius 3 is 2.47 bits per heavy atom. The van der Waals surface area contributed by atoms with Gasteiger partial charge in [-0.2, -0.15) is 0 Å². The molecule has 1 heterocycles. The van der Waals surface area contributed by atoms with E-state index in [9.17, 15) is 4.79 Å². The van der Waals surface area contributed by atoms with Gasteiger partial charge >= 0.3 is 0 Å². The minimum Gasteiger partial charge on any atom is -0.355 e. The third-order valence-electron chi connectivity index (χ3n) is 2.52. The van der Waals surface area contributed by atoms with Crippen molar-refractivity contribution in [2.45, 2.75) is 40.2 Å². The summed E-state index contributed by atoms with van der Waals surface area (Å²) >= 11 is 0. The van der Waals surface area contributed by atoms with Crippen LogP contribution in [0, 0.1) is 11.3 Å². The maximum Gasteiger partial charge on any atom is 0.226 e. The van der Waals surface area contributed by atoms with E-state index in [4.69, 9.17) is 9.78 Å². The molecular formula is C11H21NO3. The van der Waals surface area contributed by atoms with Crippen molar-refractivity contribution in [3.8, 4) is 0 Å². The largest absolute Gasteiger partial charge is 0.355 e. The molecule has 1 amide bonds. The first-order chi connectivity index (χ1) is 6.72. The summed E-state index contributed by atoms with van der Waals surface area (Å²) in [6.07, 6.45) is 0. The van der Waals surface area contributed by atoms with Gasteiger partial charge in [0, 0.05) is 6.54 Å². The molecule has 0 spiro atoms. The summed E-state index contributed by atoms with van der Waals surface area (Å²) in [7, 11) is 0. The lowest BCUT2D eigenvalue weighted by atomic mass is 9.82. The van der Waals surface area contributed by atoms with Gasteiger partial charge < -0.3 is 5.32 Å². The van der Waals surface area contributed by atoms with Crippen LogP contribution in [0.5, 0.6) is 0 Å². The molecule has 1 fully saturated rings. The smallest absolute Gasteiger partial charge is 0.226 e. The molecule has 1 rings (SSSR count). The lowest BCUT2D eigenvalue weighted by Crippen LogP contribution is -2.31. The summed E-state index contributed by atoms with van der Waals surface area (Å²) in [4.78, 5) is 21.8. The molecule has 88 valence electrons. The maximum absolute atomic E-state index is 11.5. The summed E-state index contributed by atoms with van der Waals surface area (Å²) in [6.45, 7) is 10.9. The Bertz CT molecular complexity index is 243. The van der Waals surface area contributed by atoms with Gasteiger partial charge in [-0.1, -0.05) is 13.8 Å². The van der Waals surface area contributed by atoms with Crippen LogP contribution in [0.25, 0.3) is 0 Å². The highest BCUT2D eigenvalue weighted by molar-refractivity contribution is 5.82. The number of hydrogen-bond acceptors (Lipinski definition) is 3. The highest BCUT2D eigenvalue weighted by Gasteiger charge is 2.41. The number of rotatable bonds is 3. The Morgan fingerprint density at radius 2 is 2.07 bits per heavy atom. The fourth-order valence-electron chi connectivity index (χ4n) is 1.50. The van der Waals surface area contributed by atoms with Crippen LogP contribution in [0.3, 0.4) is 0 Å². The van der Waals surface area contributed by atoms with E-state index in [-0.39, 0.29) is 22.8 Å². The van der Waals surface area contributed by atoms with Crippen LogP contribution < -0.4 is 5.32 Å². The third-order valence-corrected chi connectivity index (χ3v) is 2.52. The zero-order valence-corrected chi connectivity index (χ0v) is 10.2. The fourth-order valence-corrected chi connectivity index (χ4v) is 1.50. The van der Waals surface area contributed by atoms with E-state index in [1.807, 2.05) is 20.8 Å². The molecule has 15 heavy (non-hydrogen) atoms. The van der Waals surface area contributed by atoms with Crippen LogP contribution >= 0.6 is 0 Å². The third kappa shape index (κ3) is 3.47. The first-order valence-corrected chi connectivity index (χ1v) is 5.31. The second kappa shape index (κ2) is 4.10. The van der Waals surface area contributed by atoms with E-state index in [0.29, 0.717) is 13.2 Å². The van der Waals surface area contributed by atoms with E-state index in [1.54, 1.807) is 0 Å². The lowest BCUT2D eigenvalue weighted by Gasteiger charge is -2.25. The molecule has 1 aliphatic rings. The van der Waals surface area contributed by atoms with Crippen LogP contribution in [0.4, 0.5) is 0 Å². The molecule has 1 unspecified atom stereocenters. The van der Waals surface area contributed by atoms with E-state index >= 15 is 0 Å². The maximum atomic E-state index is 11.5. The number of carbonyl (C=O) groups excluding carboxylic acids is 1. The molecule has 0 aromatic rings. The molecule has 1 saturated heterocycles. The second-order valence-electron chi connectivity index (χ2n) is 5.74. The molecule has 0 aromatic heterocycles. The van der Waals surface area contributed by atoms with E-state index in [1.165, 1.54) is 0 Å². The van der Waals surface area contributed by atoms with Gasteiger partial charge in [0.2, 0.25) is 5.91 Å². The van der Waals surface area contributed by atoms with Crippen molar-refractivity contribution in [3.05, 3.63) is 0 Å². The van der Waals surface area contributed by atoms with Gasteiger partial charge in [0.05, 0.1) is 18.1 Å². The van der Waals surface area contributed by atoms with Crippen LogP contribution in [0.15, 0.2) is 0 Å². The van der Waals surface area contributed by atoms with Crippen molar-refractivity contribution in [3.63, 3.8) is 0 Å². The lowest BCUT2D eigenvalue weighted by molar-refractivity contribution is -0.354. The van der Waals surface area contributed by atoms with Gasteiger partial charge in [-0.3, -0.25) is 4.79 Å². The monoisotopic (exact) mass is 215 g/mol. The molecule has 0 aromatic carbocycles.